The first-order valence-electron chi connectivity index (χ1n) is 4.20. The van der Waals surface area contributed by atoms with Crippen LogP contribution in [0.4, 0.5) is 0 Å². The Morgan fingerprint density at radius 2 is 2.23 bits per heavy atom. The van der Waals surface area contributed by atoms with Crippen LogP contribution < -0.4 is 0 Å². The monoisotopic (exact) mass is 214 g/mol. The summed E-state index contributed by atoms with van der Waals surface area (Å²) in [6.07, 6.45) is 0. The zero-order valence-corrected chi connectivity index (χ0v) is 9.80. The Morgan fingerprint density at radius 1 is 1.54 bits per heavy atom. The highest BCUT2D eigenvalue weighted by atomic mass is 32.2. The molecule has 0 N–H and O–H groups in total. The average Bonchev–Trinajstić information content (AvgIpc) is 2.50. The molecule has 3 heteroatoms. The fourth-order valence-corrected chi connectivity index (χ4v) is 2.27. The summed E-state index contributed by atoms with van der Waals surface area (Å²) in [5.74, 6) is 0.833. The van der Waals surface area contributed by atoms with E-state index in [1.54, 1.807) is 11.8 Å². The zero-order valence-electron chi connectivity index (χ0n) is 8.16. The van der Waals surface area contributed by atoms with E-state index in [-0.39, 0.29) is 10.5 Å². The van der Waals surface area contributed by atoms with Crippen molar-refractivity contribution in [3.8, 4) is 0 Å². The molecule has 0 aliphatic carbocycles. The molecule has 1 heterocycles. The largest absolute Gasteiger partial charge is 0.292 e. The van der Waals surface area contributed by atoms with Crippen molar-refractivity contribution in [2.75, 3.05) is 5.75 Å². The van der Waals surface area contributed by atoms with Gasteiger partial charge >= 0.3 is 0 Å². The van der Waals surface area contributed by atoms with Crippen LogP contribution in [0.15, 0.2) is 17.5 Å². The fraction of sp³-hybridized carbons (Fsp3) is 0.500. The van der Waals surface area contributed by atoms with Crippen LogP contribution in [0, 0.1) is 0 Å². The first-order valence-corrected chi connectivity index (χ1v) is 6.06. The smallest absolute Gasteiger partial charge is 0.182 e. The Balaban J connectivity index is 2.44. The van der Waals surface area contributed by atoms with Gasteiger partial charge in [0.2, 0.25) is 0 Å². The van der Waals surface area contributed by atoms with Crippen molar-refractivity contribution < 1.29 is 4.79 Å². The van der Waals surface area contributed by atoms with E-state index in [1.165, 1.54) is 11.3 Å². The molecule has 0 radical (unpaired) electrons. The van der Waals surface area contributed by atoms with Crippen LogP contribution >= 0.6 is 23.1 Å². The molecule has 1 rings (SSSR count). The maximum Gasteiger partial charge on any atom is 0.182 e. The number of thiophene rings is 1. The number of Topliss-reactive ketones (excluding diaryl/α,β-unsaturated/α-hetero) is 1. The molecular weight excluding hydrogens is 200 g/mol. The molecule has 72 valence electrons. The molecule has 0 amide bonds. The lowest BCUT2D eigenvalue weighted by atomic mass is 10.3. The number of carbonyl (C=O) groups is 1. The molecule has 13 heavy (non-hydrogen) atoms. The molecule has 1 nitrogen and oxygen atoms in total. The molecule has 0 aliphatic rings. The minimum Gasteiger partial charge on any atom is -0.292 e. The highest BCUT2D eigenvalue weighted by Gasteiger charge is 2.14. The molecule has 0 aromatic carbocycles. The molecule has 0 atom stereocenters. The van der Waals surface area contributed by atoms with Gasteiger partial charge in [0, 0.05) is 4.75 Å². The lowest BCUT2D eigenvalue weighted by Crippen LogP contribution is -2.12. The summed E-state index contributed by atoms with van der Waals surface area (Å²) in [7, 11) is 0. The summed E-state index contributed by atoms with van der Waals surface area (Å²) >= 11 is 3.22. The number of hydrogen-bond donors (Lipinski definition) is 0. The maximum atomic E-state index is 11.5. The predicted octanol–water partition coefficient (Wildman–Crippen LogP) is 3.46. The summed E-state index contributed by atoms with van der Waals surface area (Å²) in [5.41, 5.74) is 0. The Bertz CT molecular complexity index is 270. The van der Waals surface area contributed by atoms with Crippen LogP contribution in [-0.2, 0) is 0 Å². The van der Waals surface area contributed by atoms with Gasteiger partial charge in [-0.25, -0.2) is 0 Å². The van der Waals surface area contributed by atoms with Gasteiger partial charge in [0.15, 0.2) is 5.78 Å². The number of rotatable bonds is 3. The van der Waals surface area contributed by atoms with Crippen LogP contribution in [0.5, 0.6) is 0 Å². The second-order valence-corrected chi connectivity index (χ2v) is 6.55. The fourth-order valence-electron chi connectivity index (χ4n) is 0.790. The van der Waals surface area contributed by atoms with E-state index in [4.69, 9.17) is 0 Å². The topological polar surface area (TPSA) is 17.1 Å². The third-order valence-corrected chi connectivity index (χ3v) is 3.62. The minimum atomic E-state index is 0.174. The van der Waals surface area contributed by atoms with E-state index >= 15 is 0 Å². The third-order valence-electron chi connectivity index (χ3n) is 1.43. The van der Waals surface area contributed by atoms with E-state index in [0.717, 1.165) is 4.88 Å². The Hall–Kier alpha value is -0.280. The van der Waals surface area contributed by atoms with Crippen LogP contribution in [0.25, 0.3) is 0 Å². The summed E-state index contributed by atoms with van der Waals surface area (Å²) in [4.78, 5) is 12.4. The maximum absolute atomic E-state index is 11.5. The molecule has 1 aromatic heterocycles. The van der Waals surface area contributed by atoms with Gasteiger partial charge in [-0.05, 0) is 11.4 Å². The third kappa shape index (κ3) is 3.96. The molecule has 0 saturated heterocycles. The Labute approximate surface area is 87.5 Å². The molecule has 0 spiro atoms. The van der Waals surface area contributed by atoms with Crippen molar-refractivity contribution in [2.24, 2.45) is 0 Å². The van der Waals surface area contributed by atoms with Crippen LogP contribution in [0.3, 0.4) is 0 Å². The van der Waals surface area contributed by atoms with E-state index in [1.807, 2.05) is 17.5 Å². The standard InChI is InChI=1S/C10H14OS2/c1-10(2,3)13-7-8(11)9-5-4-6-12-9/h4-6H,7H2,1-3H3. The van der Waals surface area contributed by atoms with Gasteiger partial charge in [0.1, 0.15) is 0 Å². The second kappa shape index (κ2) is 4.29. The SMILES string of the molecule is CC(C)(C)SCC(=O)c1cccs1. The number of thioether (sulfide) groups is 1. The van der Waals surface area contributed by atoms with Crippen LogP contribution in [0.2, 0.25) is 0 Å². The highest BCUT2D eigenvalue weighted by molar-refractivity contribution is 8.01. The van der Waals surface area contributed by atoms with Crippen molar-refractivity contribution >= 4 is 28.9 Å². The van der Waals surface area contributed by atoms with Gasteiger partial charge in [-0.1, -0.05) is 26.8 Å². The summed E-state index contributed by atoms with van der Waals surface area (Å²) in [6, 6.07) is 3.80. The normalized spacial score (nSPS) is 11.6. The van der Waals surface area contributed by atoms with Crippen LogP contribution in [-0.4, -0.2) is 16.3 Å². The number of hydrogen-bond acceptors (Lipinski definition) is 3. The van der Waals surface area contributed by atoms with Crippen molar-refractivity contribution in [2.45, 2.75) is 25.5 Å². The second-order valence-electron chi connectivity index (χ2n) is 3.80. The van der Waals surface area contributed by atoms with Gasteiger partial charge in [0.25, 0.3) is 0 Å². The minimum absolute atomic E-state index is 0.174. The Kier molecular flexibility index (Phi) is 3.56. The van der Waals surface area contributed by atoms with Crippen molar-refractivity contribution in [1.82, 2.24) is 0 Å². The first-order chi connectivity index (χ1) is 5.99. The van der Waals surface area contributed by atoms with Crippen LogP contribution in [0.1, 0.15) is 30.4 Å². The molecule has 1 aromatic rings. The molecule has 0 bridgehead atoms. The number of ketones is 1. The summed E-state index contributed by atoms with van der Waals surface area (Å²) < 4.78 is 0.174. The lowest BCUT2D eigenvalue weighted by Gasteiger charge is -2.16. The Morgan fingerprint density at radius 3 is 2.69 bits per heavy atom. The van der Waals surface area contributed by atoms with Gasteiger partial charge in [-0.2, -0.15) is 0 Å². The first kappa shape index (κ1) is 10.8. The van der Waals surface area contributed by atoms with E-state index < -0.39 is 0 Å². The summed E-state index contributed by atoms with van der Waals surface area (Å²) in [5, 5.41) is 1.94. The molecule has 0 unspecified atom stereocenters. The molecule has 0 fully saturated rings. The molecule has 0 saturated carbocycles. The van der Waals surface area contributed by atoms with E-state index in [2.05, 4.69) is 20.8 Å². The van der Waals surface area contributed by atoms with Crippen molar-refractivity contribution in [3.05, 3.63) is 22.4 Å². The molecule has 0 aliphatic heterocycles. The summed E-state index contributed by atoms with van der Waals surface area (Å²) in [6.45, 7) is 6.37. The van der Waals surface area contributed by atoms with Gasteiger partial charge in [0.05, 0.1) is 10.6 Å². The highest BCUT2D eigenvalue weighted by Crippen LogP contribution is 2.24. The lowest BCUT2D eigenvalue weighted by molar-refractivity contribution is 0.102. The average molecular weight is 214 g/mol. The zero-order chi connectivity index (χ0) is 9.90. The van der Waals surface area contributed by atoms with E-state index in [0.29, 0.717) is 5.75 Å². The van der Waals surface area contributed by atoms with Gasteiger partial charge in [-0.15, -0.1) is 23.1 Å². The van der Waals surface area contributed by atoms with Gasteiger partial charge < -0.3 is 0 Å². The number of carbonyl (C=O) groups excluding carboxylic acids is 1. The molecular formula is C10H14OS2. The van der Waals surface area contributed by atoms with Crippen molar-refractivity contribution in [3.63, 3.8) is 0 Å². The van der Waals surface area contributed by atoms with Gasteiger partial charge in [-0.3, -0.25) is 4.79 Å². The quantitative estimate of drug-likeness (QED) is 0.717. The predicted molar refractivity (Wildman–Crippen MR) is 60.9 cm³/mol. The van der Waals surface area contributed by atoms with Crippen molar-refractivity contribution in [1.29, 1.82) is 0 Å². The van der Waals surface area contributed by atoms with E-state index in [9.17, 15) is 4.79 Å².